The molecule has 15 heteroatoms. The van der Waals surface area contributed by atoms with Crippen molar-refractivity contribution in [1.82, 2.24) is 15.0 Å². The molecule has 0 unspecified atom stereocenters. The molecule has 9 aromatic rings. The maximum Gasteiger partial charge on any atom is 0.228 e. The Morgan fingerprint density at radius 3 is 1.17 bits per heavy atom. The highest BCUT2D eigenvalue weighted by Gasteiger charge is 2.32. The summed E-state index contributed by atoms with van der Waals surface area (Å²) in [6.07, 6.45) is 14.1. The highest BCUT2D eigenvalue weighted by atomic mass is 16.2. The molecule has 15 rings (SSSR count). The first-order chi connectivity index (χ1) is 38.8. The van der Waals surface area contributed by atoms with E-state index in [2.05, 4.69) is 133 Å². The molecule has 0 spiro atoms. The van der Waals surface area contributed by atoms with Gasteiger partial charge in [0.25, 0.3) is 0 Å². The van der Waals surface area contributed by atoms with E-state index in [1.807, 2.05) is 36.4 Å². The van der Waals surface area contributed by atoms with E-state index in [4.69, 9.17) is 17.2 Å². The highest BCUT2D eigenvalue weighted by Crippen LogP contribution is 2.42. The van der Waals surface area contributed by atoms with E-state index >= 15 is 0 Å². The molecule has 0 radical (unpaired) electrons. The summed E-state index contributed by atoms with van der Waals surface area (Å²) in [4.78, 5) is 49.2. The molecule has 81 heavy (non-hydrogen) atoms. The number of nitrogens with zero attached hydrogens (tertiary/aromatic N) is 3. The molecule has 12 N–H and O–H groups in total. The molecule has 6 aliphatic rings. The summed E-state index contributed by atoms with van der Waals surface area (Å²) in [5, 5.41) is 24.9. The first kappa shape index (κ1) is 52.5. The molecular formula is C66H68N12O3. The van der Waals surface area contributed by atoms with Crippen molar-refractivity contribution in [1.29, 1.82) is 0 Å². The van der Waals surface area contributed by atoms with Gasteiger partial charge in [0.15, 0.2) is 0 Å². The van der Waals surface area contributed by atoms with Gasteiger partial charge in [-0.25, -0.2) is 15.0 Å². The zero-order valence-electron chi connectivity index (χ0n) is 44.9. The Bertz CT molecular complexity index is 3820. The number of amides is 3. The standard InChI is InChI=1S/2C22H22N4O.C21H20N4O.CH4/c2*1-12-7-17-16(3-2-4-20(17)25-12)14-8-15-10-21(26-22(27)13-5-6-13)24-11-18(15)19(23)9-14;22-18-9-13(15-2-1-3-19-16(15)6-7-23-19)8-14-10-20(24-11-17(14)18)25-21(26)12-4-5-12;/h2*2-4,8-13,25H,5-7,23H2,1H3,(H,24,26,27);1-3,8-12,23H,4-7,22H2,(H,24,25,26);1H4/t2*12-;;/m10../s1. The molecule has 6 heterocycles. The number of pyridine rings is 3. The third-order valence-electron chi connectivity index (χ3n) is 16.2. The summed E-state index contributed by atoms with van der Waals surface area (Å²) in [6.45, 7) is 5.36. The van der Waals surface area contributed by atoms with Crippen LogP contribution in [0.2, 0.25) is 0 Å². The Hall–Kier alpha value is -9.24. The molecule has 3 aromatic heterocycles. The van der Waals surface area contributed by atoms with Crippen molar-refractivity contribution in [2.75, 3.05) is 55.6 Å². The molecule has 0 saturated heterocycles. The number of hydrogen-bond donors (Lipinski definition) is 9. The smallest absolute Gasteiger partial charge is 0.228 e. The average molecular weight is 1080 g/mol. The van der Waals surface area contributed by atoms with Crippen molar-refractivity contribution in [2.45, 2.75) is 91.1 Å². The van der Waals surface area contributed by atoms with Gasteiger partial charge in [0.1, 0.15) is 17.5 Å². The summed E-state index contributed by atoms with van der Waals surface area (Å²) in [6, 6.07) is 38.1. The van der Waals surface area contributed by atoms with Crippen LogP contribution in [-0.2, 0) is 33.6 Å². The minimum Gasteiger partial charge on any atom is -0.398 e. The highest BCUT2D eigenvalue weighted by molar-refractivity contribution is 6.03. The van der Waals surface area contributed by atoms with E-state index < -0.39 is 0 Å². The third kappa shape index (κ3) is 11.0. The second kappa shape index (κ2) is 21.4. The first-order valence-corrected chi connectivity index (χ1v) is 28.0. The number of nitrogens with two attached hydrogens (primary N) is 3. The van der Waals surface area contributed by atoms with Crippen molar-refractivity contribution in [2.24, 2.45) is 17.8 Å². The van der Waals surface area contributed by atoms with Crippen LogP contribution in [0, 0.1) is 17.8 Å². The zero-order valence-corrected chi connectivity index (χ0v) is 44.9. The van der Waals surface area contributed by atoms with Gasteiger partial charge < -0.3 is 49.1 Å². The van der Waals surface area contributed by atoms with Crippen LogP contribution in [-0.4, -0.2) is 51.3 Å². The van der Waals surface area contributed by atoms with Gasteiger partial charge in [-0.15, -0.1) is 0 Å². The van der Waals surface area contributed by atoms with Gasteiger partial charge in [0.05, 0.1) is 0 Å². The molecule has 410 valence electrons. The number of rotatable bonds is 9. The van der Waals surface area contributed by atoms with Gasteiger partial charge >= 0.3 is 0 Å². The van der Waals surface area contributed by atoms with E-state index in [-0.39, 0.29) is 42.9 Å². The normalized spacial score (nSPS) is 17.1. The number of carbonyl (C=O) groups is 3. The topological polar surface area (TPSA) is 240 Å². The molecule has 3 amide bonds. The van der Waals surface area contributed by atoms with Gasteiger partial charge in [-0.05, 0) is 211 Å². The summed E-state index contributed by atoms with van der Waals surface area (Å²) >= 11 is 0. The average Bonchev–Trinajstić information content (AvgIpc) is 4.54. The number of nitrogens with one attached hydrogen (secondary N) is 6. The molecule has 2 atom stereocenters. The molecule has 6 aromatic carbocycles. The van der Waals surface area contributed by atoms with E-state index in [0.29, 0.717) is 46.6 Å². The minimum atomic E-state index is 0. The largest absolute Gasteiger partial charge is 0.398 e. The number of hydrogen-bond acceptors (Lipinski definition) is 12. The lowest BCUT2D eigenvalue weighted by atomic mass is 9.94. The van der Waals surface area contributed by atoms with Crippen LogP contribution in [0.15, 0.2) is 128 Å². The maximum atomic E-state index is 12.0. The van der Waals surface area contributed by atoms with Crippen LogP contribution in [0.1, 0.15) is 76.5 Å². The summed E-state index contributed by atoms with van der Waals surface area (Å²) in [5.41, 5.74) is 35.6. The fraction of sp³-hybridized carbons (Fsp3) is 0.273. The van der Waals surface area contributed by atoms with Gasteiger partial charge in [0, 0.05) is 105 Å². The molecule has 3 saturated carbocycles. The van der Waals surface area contributed by atoms with Crippen molar-refractivity contribution in [3.8, 4) is 33.4 Å². The SMILES string of the molecule is C.C[C@@H]1Cc2c(cccc2-c2cc(N)c3cnc(NC(=O)C4CC4)cc3c2)N1.C[C@H]1Cc2c(cccc2-c2cc(N)c3cnc(NC(=O)C4CC4)cc3c2)N1.Nc1cc(-c2cccc3c2CCN3)cc2cc(NC(=O)C3CC3)ncc12. The van der Waals surface area contributed by atoms with Crippen molar-refractivity contribution < 1.29 is 14.4 Å². The van der Waals surface area contributed by atoms with Crippen LogP contribution in [0.25, 0.3) is 65.7 Å². The Labute approximate surface area is 471 Å². The summed E-state index contributed by atoms with van der Waals surface area (Å²) in [7, 11) is 0. The second-order valence-electron chi connectivity index (χ2n) is 22.5. The molecule has 15 nitrogen and oxygen atoms in total. The Balaban J connectivity index is 0.000000120. The Kier molecular flexibility index (Phi) is 13.9. The zero-order chi connectivity index (χ0) is 54.8. The summed E-state index contributed by atoms with van der Waals surface area (Å²) < 4.78 is 0. The van der Waals surface area contributed by atoms with Gasteiger partial charge in [-0.2, -0.15) is 0 Å². The van der Waals surface area contributed by atoms with Gasteiger partial charge in [-0.1, -0.05) is 43.8 Å². The van der Waals surface area contributed by atoms with E-state index in [9.17, 15) is 14.4 Å². The van der Waals surface area contributed by atoms with Crippen LogP contribution >= 0.6 is 0 Å². The fourth-order valence-electron chi connectivity index (χ4n) is 11.5. The molecule has 3 fully saturated rings. The fourth-order valence-corrected chi connectivity index (χ4v) is 11.5. The molecule has 3 aliphatic heterocycles. The van der Waals surface area contributed by atoms with E-state index in [1.54, 1.807) is 18.6 Å². The summed E-state index contributed by atoms with van der Waals surface area (Å²) in [5.74, 6) is 2.41. The lowest BCUT2D eigenvalue weighted by Crippen LogP contribution is -2.14. The lowest BCUT2D eigenvalue weighted by molar-refractivity contribution is -0.118. The predicted octanol–water partition coefficient (Wildman–Crippen LogP) is 12.8. The lowest BCUT2D eigenvalue weighted by Gasteiger charge is -2.12. The van der Waals surface area contributed by atoms with Crippen LogP contribution in [0.4, 0.5) is 51.6 Å². The molecule has 0 bridgehead atoms. The van der Waals surface area contributed by atoms with Crippen LogP contribution in [0.5, 0.6) is 0 Å². The molecule has 3 aliphatic carbocycles. The van der Waals surface area contributed by atoms with Crippen LogP contribution < -0.4 is 49.1 Å². The van der Waals surface area contributed by atoms with E-state index in [0.717, 1.165) is 113 Å². The first-order valence-electron chi connectivity index (χ1n) is 28.0. The number of aromatic nitrogens is 3. The van der Waals surface area contributed by atoms with Crippen molar-refractivity contribution >= 4 is 102 Å². The number of fused-ring (bicyclic) bond motifs is 6. The second-order valence-corrected chi connectivity index (χ2v) is 22.5. The third-order valence-corrected chi connectivity index (χ3v) is 16.2. The predicted molar refractivity (Wildman–Crippen MR) is 331 cm³/mol. The number of carbonyl (C=O) groups excluding carboxylic acids is 3. The van der Waals surface area contributed by atoms with Gasteiger partial charge in [0.2, 0.25) is 17.7 Å². The quantitative estimate of drug-likeness (QED) is 0.0614. The minimum absolute atomic E-state index is 0. The molecular weight excluding hydrogens is 1010 g/mol. The Morgan fingerprint density at radius 2 is 0.815 bits per heavy atom. The Morgan fingerprint density at radius 1 is 0.469 bits per heavy atom. The number of anilines is 9. The monoisotopic (exact) mass is 1080 g/mol. The maximum absolute atomic E-state index is 12.0. The van der Waals surface area contributed by atoms with E-state index in [1.165, 1.54) is 50.4 Å². The van der Waals surface area contributed by atoms with Gasteiger partial charge in [-0.3, -0.25) is 14.4 Å². The number of benzene rings is 6. The van der Waals surface area contributed by atoms with Crippen molar-refractivity contribution in [3.05, 3.63) is 144 Å². The van der Waals surface area contributed by atoms with Crippen LogP contribution in [0.3, 0.4) is 0 Å². The van der Waals surface area contributed by atoms with Crippen molar-refractivity contribution in [3.63, 3.8) is 0 Å². The number of nitrogen functional groups attached to an aromatic ring is 3.